The third kappa shape index (κ3) is 4.32. The fraction of sp³-hybridized carbons (Fsp3) is 0.235. The van der Waals surface area contributed by atoms with Gasteiger partial charge < -0.3 is 0 Å². The second-order valence-electron chi connectivity index (χ2n) is 4.59. The molecular formula is C17H17BrO. The fourth-order valence-electron chi connectivity index (χ4n) is 2.08. The van der Waals surface area contributed by atoms with E-state index in [1.165, 1.54) is 11.1 Å². The minimum absolute atomic E-state index is 0.135. The Hall–Kier alpha value is -1.41. The van der Waals surface area contributed by atoms with Crippen molar-refractivity contribution in [2.45, 2.75) is 19.3 Å². The zero-order chi connectivity index (χ0) is 13.5. The molecule has 0 fully saturated rings. The Kier molecular flexibility index (Phi) is 5.34. The Bertz CT molecular complexity index is 517. The molecule has 19 heavy (non-hydrogen) atoms. The van der Waals surface area contributed by atoms with E-state index in [9.17, 15) is 4.79 Å². The van der Waals surface area contributed by atoms with E-state index in [-0.39, 0.29) is 5.78 Å². The van der Waals surface area contributed by atoms with Crippen molar-refractivity contribution in [2.75, 3.05) is 5.33 Å². The summed E-state index contributed by atoms with van der Waals surface area (Å²) in [7, 11) is 0. The Morgan fingerprint density at radius 3 is 2.00 bits per heavy atom. The second kappa shape index (κ2) is 7.25. The fourth-order valence-corrected chi connectivity index (χ4v) is 2.40. The zero-order valence-corrected chi connectivity index (χ0v) is 12.4. The Morgan fingerprint density at radius 2 is 1.42 bits per heavy atom. The molecule has 0 aromatic heterocycles. The largest absolute Gasteiger partial charge is 0.293 e. The van der Waals surface area contributed by atoms with E-state index >= 15 is 0 Å². The third-order valence-corrected chi connectivity index (χ3v) is 3.68. The van der Waals surface area contributed by atoms with Gasteiger partial charge in [-0.2, -0.15) is 0 Å². The van der Waals surface area contributed by atoms with E-state index < -0.39 is 0 Å². The van der Waals surface area contributed by atoms with Crippen LogP contribution in [0.1, 0.15) is 27.9 Å². The lowest BCUT2D eigenvalue weighted by Crippen LogP contribution is -1.99. The maximum Gasteiger partial charge on any atom is 0.173 e. The van der Waals surface area contributed by atoms with Crippen LogP contribution < -0.4 is 0 Å². The molecule has 2 aromatic carbocycles. The van der Waals surface area contributed by atoms with Crippen molar-refractivity contribution in [1.29, 1.82) is 0 Å². The number of halogens is 1. The predicted octanol–water partition coefficient (Wildman–Crippen LogP) is 4.44. The lowest BCUT2D eigenvalue weighted by molar-refractivity contribution is 0.102. The van der Waals surface area contributed by atoms with E-state index in [2.05, 4.69) is 52.3 Å². The van der Waals surface area contributed by atoms with Crippen LogP contribution in [0.2, 0.25) is 0 Å². The van der Waals surface area contributed by atoms with Gasteiger partial charge in [0.2, 0.25) is 0 Å². The summed E-state index contributed by atoms with van der Waals surface area (Å²) in [4.78, 5) is 11.5. The van der Waals surface area contributed by atoms with Crippen molar-refractivity contribution in [1.82, 2.24) is 0 Å². The number of benzene rings is 2. The van der Waals surface area contributed by atoms with Crippen molar-refractivity contribution in [2.24, 2.45) is 0 Å². The molecule has 0 aliphatic rings. The first-order chi connectivity index (χ1) is 9.29. The summed E-state index contributed by atoms with van der Waals surface area (Å²) in [5.41, 5.74) is 3.46. The summed E-state index contributed by atoms with van der Waals surface area (Å²) < 4.78 is 0. The van der Waals surface area contributed by atoms with Crippen molar-refractivity contribution in [3.8, 4) is 0 Å². The molecule has 1 nitrogen and oxygen atoms in total. The first kappa shape index (κ1) is 14.0. The topological polar surface area (TPSA) is 17.1 Å². The summed E-state index contributed by atoms with van der Waals surface area (Å²) in [5.74, 6) is 0.135. The Balaban J connectivity index is 1.85. The predicted molar refractivity (Wildman–Crippen MR) is 83.0 cm³/mol. The number of ketones is 1. The van der Waals surface area contributed by atoms with Crippen LogP contribution in [-0.4, -0.2) is 11.1 Å². The highest BCUT2D eigenvalue weighted by molar-refractivity contribution is 9.09. The molecule has 0 radical (unpaired) electrons. The van der Waals surface area contributed by atoms with Gasteiger partial charge in [0.1, 0.15) is 0 Å². The van der Waals surface area contributed by atoms with Gasteiger partial charge in [-0.15, -0.1) is 0 Å². The number of Topliss-reactive ketones (excluding diaryl/α,β-unsaturated/α-hetero) is 1. The summed E-state index contributed by atoms with van der Waals surface area (Å²) in [6.07, 6.45) is 3.29. The number of aryl methyl sites for hydroxylation is 2. The number of rotatable bonds is 6. The molecule has 0 saturated heterocycles. The zero-order valence-electron chi connectivity index (χ0n) is 10.8. The number of alkyl halides is 1. The van der Waals surface area contributed by atoms with E-state index in [0.717, 1.165) is 24.8 Å². The highest BCUT2D eigenvalue weighted by atomic mass is 79.9. The van der Waals surface area contributed by atoms with Crippen LogP contribution in [0.15, 0.2) is 54.6 Å². The Labute approximate surface area is 122 Å². The van der Waals surface area contributed by atoms with Gasteiger partial charge in [-0.05, 0) is 30.4 Å². The smallest absolute Gasteiger partial charge is 0.173 e. The molecule has 0 bridgehead atoms. The van der Waals surface area contributed by atoms with Crippen LogP contribution in [-0.2, 0) is 12.8 Å². The quantitative estimate of drug-likeness (QED) is 0.569. The molecule has 2 rings (SSSR count). The molecule has 0 amide bonds. The maximum atomic E-state index is 11.5. The molecule has 0 saturated carbocycles. The van der Waals surface area contributed by atoms with Gasteiger partial charge in [0.05, 0.1) is 5.33 Å². The molecule has 0 N–H and O–H groups in total. The highest BCUT2D eigenvalue weighted by Gasteiger charge is 2.03. The first-order valence-electron chi connectivity index (χ1n) is 6.51. The highest BCUT2D eigenvalue weighted by Crippen LogP contribution is 2.11. The van der Waals surface area contributed by atoms with Gasteiger partial charge in [-0.3, -0.25) is 4.79 Å². The first-order valence-corrected chi connectivity index (χ1v) is 7.64. The molecular weight excluding hydrogens is 300 g/mol. The summed E-state index contributed by atoms with van der Waals surface area (Å²) in [6.45, 7) is 0. The number of hydrogen-bond acceptors (Lipinski definition) is 1. The van der Waals surface area contributed by atoms with E-state index in [1.54, 1.807) is 0 Å². The van der Waals surface area contributed by atoms with Crippen LogP contribution in [0.25, 0.3) is 0 Å². The normalized spacial score (nSPS) is 10.4. The summed E-state index contributed by atoms with van der Waals surface area (Å²) in [5, 5.41) is 0.389. The van der Waals surface area contributed by atoms with Gasteiger partial charge in [0, 0.05) is 5.56 Å². The Morgan fingerprint density at radius 1 is 0.842 bits per heavy atom. The second-order valence-corrected chi connectivity index (χ2v) is 5.15. The molecule has 0 heterocycles. The lowest BCUT2D eigenvalue weighted by atomic mass is 10.0. The van der Waals surface area contributed by atoms with Crippen LogP contribution >= 0.6 is 15.9 Å². The van der Waals surface area contributed by atoms with Gasteiger partial charge in [-0.25, -0.2) is 0 Å². The van der Waals surface area contributed by atoms with Crippen LogP contribution in [0.3, 0.4) is 0 Å². The minimum Gasteiger partial charge on any atom is -0.293 e. The van der Waals surface area contributed by atoms with E-state index in [4.69, 9.17) is 0 Å². The average Bonchev–Trinajstić information content (AvgIpc) is 2.48. The van der Waals surface area contributed by atoms with Gasteiger partial charge in [0.25, 0.3) is 0 Å². The van der Waals surface area contributed by atoms with Crippen LogP contribution in [0.5, 0.6) is 0 Å². The van der Waals surface area contributed by atoms with Crippen molar-refractivity contribution < 1.29 is 4.79 Å². The standard InChI is InChI=1S/C17H17BrO/c18-13-17(19)16-11-9-15(10-12-16)8-4-7-14-5-2-1-3-6-14/h1-3,5-6,9-12H,4,7-8,13H2. The minimum atomic E-state index is 0.135. The molecule has 0 unspecified atom stereocenters. The maximum absolute atomic E-state index is 11.5. The van der Waals surface area contributed by atoms with Gasteiger partial charge in [-0.1, -0.05) is 70.5 Å². The van der Waals surface area contributed by atoms with Crippen molar-refractivity contribution >= 4 is 21.7 Å². The van der Waals surface area contributed by atoms with Gasteiger partial charge in [0.15, 0.2) is 5.78 Å². The number of hydrogen-bond donors (Lipinski definition) is 0. The summed E-state index contributed by atoms with van der Waals surface area (Å²) in [6, 6.07) is 18.5. The lowest BCUT2D eigenvalue weighted by Gasteiger charge is -2.03. The third-order valence-electron chi connectivity index (χ3n) is 3.17. The molecule has 98 valence electrons. The monoisotopic (exact) mass is 316 g/mol. The average molecular weight is 317 g/mol. The van der Waals surface area contributed by atoms with Crippen molar-refractivity contribution in [3.05, 3.63) is 71.3 Å². The SMILES string of the molecule is O=C(CBr)c1ccc(CCCc2ccccc2)cc1. The summed E-state index contributed by atoms with van der Waals surface area (Å²) >= 11 is 3.19. The molecule has 0 spiro atoms. The van der Waals surface area contributed by atoms with Gasteiger partial charge >= 0.3 is 0 Å². The van der Waals surface area contributed by atoms with Crippen LogP contribution in [0.4, 0.5) is 0 Å². The molecule has 2 aromatic rings. The number of carbonyl (C=O) groups is 1. The molecule has 0 aliphatic heterocycles. The number of carbonyl (C=O) groups excluding carboxylic acids is 1. The van der Waals surface area contributed by atoms with Crippen LogP contribution in [0, 0.1) is 0 Å². The van der Waals surface area contributed by atoms with Crippen molar-refractivity contribution in [3.63, 3.8) is 0 Å². The molecule has 0 aliphatic carbocycles. The molecule has 2 heteroatoms. The van der Waals surface area contributed by atoms with E-state index in [0.29, 0.717) is 5.33 Å². The molecule has 0 atom stereocenters. The van der Waals surface area contributed by atoms with E-state index in [1.807, 2.05) is 18.2 Å².